The highest BCUT2D eigenvalue weighted by Crippen LogP contribution is 2.59. The van der Waals surface area contributed by atoms with E-state index in [0.717, 1.165) is 17.8 Å². The zero-order valence-corrected chi connectivity index (χ0v) is 18.5. The number of fused-ring (bicyclic) bond motifs is 1. The van der Waals surface area contributed by atoms with Gasteiger partial charge >= 0.3 is 13.5 Å². The molecule has 0 amide bonds. The third-order valence-corrected chi connectivity index (χ3v) is 6.76. The molecule has 10 nitrogen and oxygen atoms in total. The number of aliphatic hydroxyl groups excluding tert-OH is 1. The van der Waals surface area contributed by atoms with E-state index in [0.29, 0.717) is 15.7 Å². The molecular weight excluding hydrogens is 455 g/mol. The Morgan fingerprint density at radius 3 is 2.73 bits per heavy atom. The average molecular weight is 472 g/mol. The quantitative estimate of drug-likeness (QED) is 0.475. The highest BCUT2D eigenvalue weighted by molar-refractivity contribution is 7.49. The molecule has 1 fully saturated rings. The third-order valence-electron chi connectivity index (χ3n) is 5.38. The molecule has 1 aromatic heterocycles. The summed E-state index contributed by atoms with van der Waals surface area (Å²) in [4.78, 5) is 25.3. The Hall–Kier alpha value is -2.11. The molecule has 0 saturated carbocycles. The first kappa shape index (κ1) is 24.0. The molecule has 0 aliphatic carbocycles. The lowest BCUT2D eigenvalue weighted by molar-refractivity contribution is -0.219. The van der Waals surface area contributed by atoms with Gasteiger partial charge in [0, 0.05) is 24.2 Å². The van der Waals surface area contributed by atoms with Crippen molar-refractivity contribution >= 4 is 31.4 Å². The molecule has 2 N–H and O–H groups in total. The van der Waals surface area contributed by atoms with Crippen molar-refractivity contribution in [3.8, 4) is 5.75 Å². The van der Waals surface area contributed by atoms with Crippen LogP contribution in [0.2, 0.25) is 0 Å². The van der Waals surface area contributed by atoms with E-state index >= 15 is 4.39 Å². The van der Waals surface area contributed by atoms with Gasteiger partial charge in [0.05, 0.1) is 18.1 Å². The molecule has 1 aromatic carbocycles. The second-order valence-corrected chi connectivity index (χ2v) is 9.57. The largest absolute Gasteiger partial charge is 0.529 e. The van der Waals surface area contributed by atoms with E-state index < -0.39 is 48.5 Å². The van der Waals surface area contributed by atoms with Crippen molar-refractivity contribution in [2.24, 2.45) is 0 Å². The Kier molecular flexibility index (Phi) is 5.62. The van der Waals surface area contributed by atoms with Gasteiger partial charge in [-0.3, -0.25) is 23.4 Å². The topological polar surface area (TPSA) is 129 Å². The van der Waals surface area contributed by atoms with E-state index in [1.54, 1.807) is 19.1 Å². The predicted molar refractivity (Wildman–Crippen MR) is 115 cm³/mol. The second kappa shape index (κ2) is 7.71. The summed E-state index contributed by atoms with van der Waals surface area (Å²) in [5.41, 5.74) is -2.27. The number of alkyl halides is 1. The minimum Gasteiger partial charge on any atom is -0.403 e. The maximum absolute atomic E-state index is 15.8. The molecule has 0 spiro atoms. The number of hydrogen-bond donors (Lipinski definition) is 2. The van der Waals surface area contributed by atoms with Crippen molar-refractivity contribution in [2.75, 3.05) is 0 Å². The van der Waals surface area contributed by atoms with E-state index in [-0.39, 0.29) is 12.4 Å². The number of aliphatic hydroxyl groups is 1. The zero-order valence-electron chi connectivity index (χ0n) is 17.6. The van der Waals surface area contributed by atoms with Gasteiger partial charge in [0.15, 0.2) is 0 Å². The fourth-order valence-corrected chi connectivity index (χ4v) is 5.20. The molecule has 4 rings (SSSR count). The first-order chi connectivity index (χ1) is 15.2. The molecule has 2 aromatic rings. The fraction of sp³-hybridized carbons (Fsp3) is 0.444. The van der Waals surface area contributed by atoms with Crippen molar-refractivity contribution in [3.63, 3.8) is 0 Å². The van der Waals surface area contributed by atoms with Crippen molar-refractivity contribution in [1.29, 1.82) is 0 Å². The number of phosphoric acid groups is 1. The fourth-order valence-electron chi connectivity index (χ4n) is 3.77. The van der Waals surface area contributed by atoms with Gasteiger partial charge in [-0.05, 0) is 19.4 Å². The van der Waals surface area contributed by atoms with Crippen LogP contribution in [-0.4, -0.2) is 55.6 Å². The number of aryl methyl sites for hydroxylation is 2. The second-order valence-electron chi connectivity index (χ2n) is 8.05. The number of nitrogens with zero attached hydrogens (tertiary/aromatic N) is 1. The van der Waals surface area contributed by atoms with E-state index in [1.807, 2.05) is 11.9 Å². The number of rotatable bonds is 4. The Morgan fingerprint density at radius 1 is 1.36 bits per heavy atom. The Balaban J connectivity index is 1.62. The standard InChI is InChI=1S/C18H17B3FN2O8P/c1-9-5-10(2)14-11(6-9)8-29-33(28,30-14)32-18(20,21)16(22)7-12(25)17(19,31-16)24-4-3-13(26)23-15(24)27/h3-6,12,25H,7-8H2,1-2H3,(H,23,26,27)/t12-,16+,17+,33?/m1/s1. The molecule has 0 bridgehead atoms. The van der Waals surface area contributed by atoms with Crippen LogP contribution >= 0.6 is 7.82 Å². The Bertz CT molecular complexity index is 1290. The van der Waals surface area contributed by atoms with Crippen LogP contribution in [0.15, 0.2) is 34.0 Å². The SMILES string of the molecule is [B]C([B])(OP1(=O)OCc2cc(C)cc(C)c2O1)[C@]1(F)C[C@@H](O)[C@]([B])(n2ccc(=O)[nH]c2=O)O1. The number of hydrogen-bond acceptors (Lipinski definition) is 8. The normalized spacial score (nSPS) is 31.7. The lowest BCUT2D eigenvalue weighted by atomic mass is 9.60. The van der Waals surface area contributed by atoms with Crippen LogP contribution in [0.1, 0.15) is 23.1 Å². The van der Waals surface area contributed by atoms with Crippen LogP contribution in [0.4, 0.5) is 4.39 Å². The first-order valence-electron chi connectivity index (χ1n) is 9.69. The van der Waals surface area contributed by atoms with Gasteiger partial charge in [0.25, 0.3) is 5.56 Å². The molecule has 3 heterocycles. The van der Waals surface area contributed by atoms with Gasteiger partial charge in [-0.25, -0.2) is 13.8 Å². The molecule has 15 heteroatoms. The van der Waals surface area contributed by atoms with Crippen LogP contribution in [0.25, 0.3) is 0 Å². The van der Waals surface area contributed by atoms with Crippen LogP contribution in [0.3, 0.4) is 0 Å². The Labute approximate surface area is 191 Å². The molecule has 6 radical (unpaired) electrons. The number of phosphoric ester groups is 1. The van der Waals surface area contributed by atoms with Gasteiger partial charge in [-0.1, -0.05) is 17.7 Å². The van der Waals surface area contributed by atoms with E-state index in [4.69, 9.17) is 41.8 Å². The molecular formula is C18H17B3FN2O8P. The number of H-pyrrole nitrogens is 1. The Morgan fingerprint density at radius 2 is 2.06 bits per heavy atom. The van der Waals surface area contributed by atoms with Crippen LogP contribution < -0.4 is 15.8 Å². The highest BCUT2D eigenvalue weighted by Gasteiger charge is 2.63. The van der Waals surface area contributed by atoms with Gasteiger partial charge in [0.2, 0.25) is 5.85 Å². The summed E-state index contributed by atoms with van der Waals surface area (Å²) >= 11 is 0. The van der Waals surface area contributed by atoms with Crippen molar-refractivity contribution in [3.05, 3.63) is 61.9 Å². The maximum atomic E-state index is 15.8. The van der Waals surface area contributed by atoms with Crippen molar-refractivity contribution < 1.29 is 32.4 Å². The molecule has 168 valence electrons. The lowest BCUT2D eigenvalue weighted by Gasteiger charge is -2.41. The summed E-state index contributed by atoms with van der Waals surface area (Å²) in [6.45, 7) is 3.37. The maximum Gasteiger partial charge on any atom is 0.529 e. The van der Waals surface area contributed by atoms with Gasteiger partial charge in [-0.15, -0.1) is 0 Å². The minimum atomic E-state index is -4.56. The first-order valence-corrected chi connectivity index (χ1v) is 11.2. The average Bonchev–Trinajstić information content (AvgIpc) is 2.92. The summed E-state index contributed by atoms with van der Waals surface area (Å²) in [6.07, 6.45) is -1.99. The number of nitrogens with one attached hydrogen (secondary N) is 1. The summed E-state index contributed by atoms with van der Waals surface area (Å²) in [6, 6.07) is 4.43. The smallest absolute Gasteiger partial charge is 0.403 e. The number of aromatic nitrogens is 2. The lowest BCUT2D eigenvalue weighted by Crippen LogP contribution is -2.56. The van der Waals surface area contributed by atoms with Crippen LogP contribution in [-0.2, 0) is 30.6 Å². The van der Waals surface area contributed by atoms with E-state index in [2.05, 4.69) is 0 Å². The number of benzene rings is 1. The van der Waals surface area contributed by atoms with Gasteiger partial charge in [0.1, 0.15) is 34.9 Å². The molecule has 1 saturated heterocycles. The van der Waals surface area contributed by atoms with Crippen molar-refractivity contribution in [2.45, 2.75) is 49.9 Å². The molecule has 33 heavy (non-hydrogen) atoms. The summed E-state index contributed by atoms with van der Waals surface area (Å²) < 4.78 is 50.2. The van der Waals surface area contributed by atoms with Crippen LogP contribution in [0, 0.1) is 13.8 Å². The van der Waals surface area contributed by atoms with E-state index in [1.165, 1.54) is 0 Å². The van der Waals surface area contributed by atoms with Gasteiger partial charge in [-0.2, -0.15) is 0 Å². The third kappa shape index (κ3) is 4.04. The number of aromatic amines is 1. The molecule has 4 atom stereocenters. The summed E-state index contributed by atoms with van der Waals surface area (Å²) in [5, 5.41) is 7.40. The highest BCUT2D eigenvalue weighted by atomic mass is 31.2. The predicted octanol–water partition coefficient (Wildman–Crippen LogP) is 0.104. The molecule has 1 unspecified atom stereocenters. The van der Waals surface area contributed by atoms with E-state index in [9.17, 15) is 19.3 Å². The zero-order chi connectivity index (χ0) is 24.4. The number of ether oxygens (including phenoxy) is 1. The molecule has 2 aliphatic rings. The van der Waals surface area contributed by atoms with Crippen LogP contribution in [0.5, 0.6) is 5.75 Å². The molecule has 2 aliphatic heterocycles. The minimum absolute atomic E-state index is 0.193. The monoisotopic (exact) mass is 472 g/mol. The van der Waals surface area contributed by atoms with Crippen molar-refractivity contribution in [1.82, 2.24) is 9.55 Å². The summed E-state index contributed by atoms with van der Waals surface area (Å²) in [7, 11) is 13.0. The van der Waals surface area contributed by atoms with Gasteiger partial charge < -0.3 is 14.4 Å². The number of halogens is 1. The summed E-state index contributed by atoms with van der Waals surface area (Å²) in [5.74, 6) is -3.07.